The topological polar surface area (TPSA) is 71.3 Å². The molecule has 7 heteroatoms. The van der Waals surface area contributed by atoms with E-state index in [4.69, 9.17) is 0 Å². The van der Waals surface area contributed by atoms with Crippen molar-refractivity contribution in [1.29, 1.82) is 0 Å². The van der Waals surface area contributed by atoms with Crippen LogP contribution in [0.2, 0.25) is 0 Å². The van der Waals surface area contributed by atoms with Crippen LogP contribution in [-0.4, -0.2) is 62.6 Å². The summed E-state index contributed by atoms with van der Waals surface area (Å²) >= 11 is 0. The maximum Gasteiger partial charge on any atom is 0.222 e. The fourth-order valence-corrected chi connectivity index (χ4v) is 4.53. The van der Waals surface area contributed by atoms with Crippen LogP contribution in [0.25, 0.3) is 0 Å². The third kappa shape index (κ3) is 4.07. The van der Waals surface area contributed by atoms with E-state index in [0.29, 0.717) is 18.7 Å². The number of piperidine rings is 2. The molecule has 4 rings (SSSR count). The molecule has 1 atom stereocenters. The SMILES string of the molecule is O=C(CCCn1cncn1)N1CCC[C@]2(CCC(=O)N(CC3CC3)C2)C1. The number of rotatable bonds is 6. The molecule has 142 valence electrons. The highest BCUT2D eigenvalue weighted by Gasteiger charge is 2.43. The zero-order valence-electron chi connectivity index (χ0n) is 15.5. The fourth-order valence-electron chi connectivity index (χ4n) is 4.53. The molecular weight excluding hydrogens is 330 g/mol. The van der Waals surface area contributed by atoms with Crippen molar-refractivity contribution in [1.82, 2.24) is 24.6 Å². The first-order chi connectivity index (χ1) is 12.6. The molecule has 0 radical (unpaired) electrons. The summed E-state index contributed by atoms with van der Waals surface area (Å²) in [6, 6.07) is 0. The zero-order chi connectivity index (χ0) is 18.0. The van der Waals surface area contributed by atoms with Gasteiger partial charge in [0.05, 0.1) is 0 Å². The smallest absolute Gasteiger partial charge is 0.222 e. The lowest BCUT2D eigenvalue weighted by Gasteiger charge is -2.48. The van der Waals surface area contributed by atoms with E-state index in [9.17, 15) is 9.59 Å². The van der Waals surface area contributed by atoms with Crippen molar-refractivity contribution >= 4 is 11.8 Å². The highest BCUT2D eigenvalue weighted by Crippen LogP contribution is 2.40. The number of hydrogen-bond acceptors (Lipinski definition) is 4. The molecule has 26 heavy (non-hydrogen) atoms. The Morgan fingerprint density at radius 3 is 2.92 bits per heavy atom. The number of likely N-dealkylation sites (tertiary alicyclic amines) is 2. The van der Waals surface area contributed by atoms with E-state index in [0.717, 1.165) is 64.3 Å². The molecule has 3 heterocycles. The molecule has 0 N–H and O–H groups in total. The van der Waals surface area contributed by atoms with Gasteiger partial charge in [-0.05, 0) is 44.4 Å². The zero-order valence-corrected chi connectivity index (χ0v) is 15.5. The standard InChI is InChI=1S/C19H29N5O2/c25-17(3-1-10-24-15-20-14-21-24)22-9-2-7-19(12-22)8-6-18(26)23(13-19)11-16-4-5-16/h14-16H,1-13H2/t19-/m0/s1. The van der Waals surface area contributed by atoms with E-state index < -0.39 is 0 Å². The third-order valence-electron chi connectivity index (χ3n) is 6.18. The molecule has 1 aromatic rings. The number of hydrogen-bond donors (Lipinski definition) is 0. The quantitative estimate of drug-likeness (QED) is 0.775. The van der Waals surface area contributed by atoms with Crippen molar-refractivity contribution in [3.05, 3.63) is 12.7 Å². The first kappa shape index (κ1) is 17.5. The van der Waals surface area contributed by atoms with Gasteiger partial charge in [0, 0.05) is 51.0 Å². The van der Waals surface area contributed by atoms with Gasteiger partial charge in [-0.1, -0.05) is 0 Å². The van der Waals surface area contributed by atoms with Gasteiger partial charge in [0.25, 0.3) is 0 Å². The summed E-state index contributed by atoms with van der Waals surface area (Å²) in [5, 5.41) is 4.08. The summed E-state index contributed by atoms with van der Waals surface area (Å²) in [5.41, 5.74) is 0.128. The fraction of sp³-hybridized carbons (Fsp3) is 0.789. The second-order valence-corrected chi connectivity index (χ2v) is 8.40. The number of aryl methyl sites for hydroxylation is 1. The molecular formula is C19H29N5O2. The van der Waals surface area contributed by atoms with Gasteiger partial charge in [-0.2, -0.15) is 5.10 Å². The van der Waals surface area contributed by atoms with E-state index in [1.165, 1.54) is 19.2 Å². The summed E-state index contributed by atoms with van der Waals surface area (Å²) < 4.78 is 1.77. The van der Waals surface area contributed by atoms with Gasteiger partial charge in [0.2, 0.25) is 11.8 Å². The molecule has 3 fully saturated rings. The molecule has 1 spiro atoms. The summed E-state index contributed by atoms with van der Waals surface area (Å²) in [6.45, 7) is 4.20. The van der Waals surface area contributed by atoms with Gasteiger partial charge >= 0.3 is 0 Å². The molecule has 3 aliphatic rings. The van der Waals surface area contributed by atoms with Crippen molar-refractivity contribution in [2.45, 2.75) is 57.9 Å². The Morgan fingerprint density at radius 2 is 2.15 bits per heavy atom. The highest BCUT2D eigenvalue weighted by atomic mass is 16.2. The Bertz CT molecular complexity index is 642. The van der Waals surface area contributed by atoms with Crippen molar-refractivity contribution in [3.63, 3.8) is 0 Å². The predicted molar refractivity (Wildman–Crippen MR) is 96.0 cm³/mol. The Morgan fingerprint density at radius 1 is 1.27 bits per heavy atom. The Hall–Kier alpha value is -1.92. The molecule has 2 saturated heterocycles. The van der Waals surface area contributed by atoms with E-state index in [2.05, 4.69) is 19.9 Å². The normalized spacial score (nSPS) is 26.5. The van der Waals surface area contributed by atoms with Gasteiger partial charge < -0.3 is 9.80 Å². The number of carbonyl (C=O) groups is 2. The maximum atomic E-state index is 12.7. The van der Waals surface area contributed by atoms with Crippen LogP contribution < -0.4 is 0 Å². The van der Waals surface area contributed by atoms with Crippen LogP contribution in [0.1, 0.15) is 51.4 Å². The van der Waals surface area contributed by atoms with Gasteiger partial charge in [-0.3, -0.25) is 14.3 Å². The Labute approximate surface area is 154 Å². The van der Waals surface area contributed by atoms with Crippen LogP contribution in [-0.2, 0) is 16.1 Å². The van der Waals surface area contributed by atoms with E-state index in [-0.39, 0.29) is 11.3 Å². The molecule has 0 unspecified atom stereocenters. The number of aromatic nitrogens is 3. The summed E-state index contributed by atoms with van der Waals surface area (Å²) in [7, 11) is 0. The van der Waals surface area contributed by atoms with Crippen LogP contribution in [0.3, 0.4) is 0 Å². The lowest BCUT2D eigenvalue weighted by atomic mass is 9.73. The average molecular weight is 359 g/mol. The van der Waals surface area contributed by atoms with Crippen molar-refractivity contribution in [2.75, 3.05) is 26.2 Å². The van der Waals surface area contributed by atoms with Gasteiger partial charge in [0.15, 0.2) is 0 Å². The van der Waals surface area contributed by atoms with Crippen molar-refractivity contribution in [3.8, 4) is 0 Å². The van der Waals surface area contributed by atoms with Crippen LogP contribution in [0.15, 0.2) is 12.7 Å². The van der Waals surface area contributed by atoms with Crippen LogP contribution in [0.4, 0.5) is 0 Å². The van der Waals surface area contributed by atoms with Crippen LogP contribution >= 0.6 is 0 Å². The second-order valence-electron chi connectivity index (χ2n) is 8.40. The van der Waals surface area contributed by atoms with Crippen molar-refractivity contribution in [2.24, 2.45) is 11.3 Å². The number of nitrogens with zero attached hydrogens (tertiary/aromatic N) is 5. The van der Waals surface area contributed by atoms with E-state index in [1.54, 1.807) is 11.0 Å². The minimum atomic E-state index is 0.128. The highest BCUT2D eigenvalue weighted by molar-refractivity contribution is 5.78. The molecule has 1 aromatic heterocycles. The monoisotopic (exact) mass is 359 g/mol. The molecule has 7 nitrogen and oxygen atoms in total. The molecule has 2 amide bonds. The minimum absolute atomic E-state index is 0.128. The van der Waals surface area contributed by atoms with Crippen LogP contribution in [0.5, 0.6) is 0 Å². The van der Waals surface area contributed by atoms with E-state index in [1.807, 2.05) is 0 Å². The van der Waals surface area contributed by atoms with Gasteiger partial charge in [0.1, 0.15) is 12.7 Å². The third-order valence-corrected chi connectivity index (χ3v) is 6.18. The molecule has 0 aromatic carbocycles. The van der Waals surface area contributed by atoms with Crippen molar-refractivity contribution < 1.29 is 9.59 Å². The lowest BCUT2D eigenvalue weighted by Crippen LogP contribution is -2.55. The average Bonchev–Trinajstić information content (AvgIpc) is 3.30. The largest absolute Gasteiger partial charge is 0.342 e. The molecule has 0 bridgehead atoms. The molecule has 2 aliphatic heterocycles. The summed E-state index contributed by atoms with van der Waals surface area (Å²) in [5.74, 6) is 1.29. The summed E-state index contributed by atoms with van der Waals surface area (Å²) in [4.78, 5) is 33.0. The first-order valence-electron chi connectivity index (χ1n) is 10.0. The van der Waals surface area contributed by atoms with Crippen LogP contribution in [0, 0.1) is 11.3 Å². The molecule has 1 saturated carbocycles. The predicted octanol–water partition coefficient (Wildman–Crippen LogP) is 1.70. The number of carbonyl (C=O) groups excluding carboxylic acids is 2. The lowest BCUT2D eigenvalue weighted by molar-refractivity contribution is -0.143. The number of amides is 2. The Balaban J connectivity index is 1.31. The van der Waals surface area contributed by atoms with E-state index >= 15 is 0 Å². The molecule has 1 aliphatic carbocycles. The first-order valence-corrected chi connectivity index (χ1v) is 10.0. The maximum absolute atomic E-state index is 12.7. The summed E-state index contributed by atoms with van der Waals surface area (Å²) in [6.07, 6.45) is 10.9. The minimum Gasteiger partial charge on any atom is -0.342 e. The van der Waals surface area contributed by atoms with Gasteiger partial charge in [-0.25, -0.2) is 4.98 Å². The second kappa shape index (κ2) is 7.37. The van der Waals surface area contributed by atoms with Gasteiger partial charge in [-0.15, -0.1) is 0 Å². The Kier molecular flexibility index (Phi) is 4.96.